The molecule has 0 saturated heterocycles. The van der Waals surface area contributed by atoms with Crippen LogP contribution in [0, 0.1) is 0 Å². The van der Waals surface area contributed by atoms with Crippen LogP contribution in [0.15, 0.2) is 66.7 Å². The summed E-state index contributed by atoms with van der Waals surface area (Å²) in [4.78, 5) is 3.70. The first-order valence-electron chi connectivity index (χ1n) is 11.7. The third-order valence-electron chi connectivity index (χ3n) is 6.54. The number of hydrogen-bond donors (Lipinski definition) is 2. The van der Waals surface area contributed by atoms with E-state index in [1.165, 1.54) is 33.3 Å². The zero-order valence-corrected chi connectivity index (χ0v) is 19.9. The summed E-state index contributed by atoms with van der Waals surface area (Å²) < 4.78 is 11.8. The van der Waals surface area contributed by atoms with Crippen molar-refractivity contribution in [2.75, 3.05) is 13.7 Å². The number of fused-ring (bicyclic) bond motifs is 3. The van der Waals surface area contributed by atoms with Crippen LogP contribution in [0.25, 0.3) is 10.9 Å². The highest BCUT2D eigenvalue weighted by Crippen LogP contribution is 2.38. The van der Waals surface area contributed by atoms with Crippen molar-refractivity contribution in [2.45, 2.75) is 45.3 Å². The fraction of sp³-hybridized carbons (Fsp3) is 0.310. The zero-order valence-electron chi connectivity index (χ0n) is 19.9. The molecule has 3 aromatic carbocycles. The fourth-order valence-electron chi connectivity index (χ4n) is 4.81. The Morgan fingerprint density at radius 2 is 1.79 bits per heavy atom. The van der Waals surface area contributed by atoms with Gasteiger partial charge in [-0.1, -0.05) is 57.2 Å². The molecule has 0 fully saturated rings. The summed E-state index contributed by atoms with van der Waals surface area (Å²) in [6.07, 6.45) is 0.996. The van der Waals surface area contributed by atoms with Crippen LogP contribution in [0.1, 0.15) is 54.8 Å². The molecule has 0 saturated carbocycles. The monoisotopic (exact) mass is 440 g/mol. The maximum atomic E-state index is 6.11. The number of aromatic amines is 1. The predicted molar refractivity (Wildman–Crippen MR) is 134 cm³/mol. The maximum absolute atomic E-state index is 6.11. The lowest BCUT2D eigenvalue weighted by Gasteiger charge is -2.28. The first-order valence-corrected chi connectivity index (χ1v) is 11.7. The van der Waals surface area contributed by atoms with E-state index in [0.29, 0.717) is 6.61 Å². The lowest BCUT2D eigenvalue weighted by molar-refractivity contribution is 0.306. The van der Waals surface area contributed by atoms with Crippen molar-refractivity contribution in [2.24, 2.45) is 0 Å². The SMILES string of the molecule is COc1ccc(C2NCCc3c2[nH]c2ccc(OCc4ccccc4)cc32)cc1C(C)(C)C. The number of aromatic nitrogens is 1. The summed E-state index contributed by atoms with van der Waals surface area (Å²) in [5.74, 6) is 1.85. The maximum Gasteiger partial charge on any atom is 0.122 e. The average molecular weight is 441 g/mol. The summed E-state index contributed by atoms with van der Waals surface area (Å²) in [5, 5.41) is 4.98. The Morgan fingerprint density at radius 1 is 0.970 bits per heavy atom. The largest absolute Gasteiger partial charge is 0.496 e. The van der Waals surface area contributed by atoms with Gasteiger partial charge in [0.1, 0.15) is 18.1 Å². The second kappa shape index (κ2) is 8.60. The van der Waals surface area contributed by atoms with Crippen molar-refractivity contribution in [3.8, 4) is 11.5 Å². The molecule has 1 atom stereocenters. The van der Waals surface area contributed by atoms with Gasteiger partial charge in [-0.25, -0.2) is 0 Å². The van der Waals surface area contributed by atoms with E-state index in [2.05, 4.69) is 79.6 Å². The number of ether oxygens (including phenoxy) is 2. The molecule has 5 rings (SSSR count). The van der Waals surface area contributed by atoms with Gasteiger partial charge >= 0.3 is 0 Å². The summed E-state index contributed by atoms with van der Waals surface area (Å²) >= 11 is 0. The van der Waals surface area contributed by atoms with Gasteiger partial charge in [0.2, 0.25) is 0 Å². The van der Waals surface area contributed by atoms with Crippen molar-refractivity contribution >= 4 is 10.9 Å². The normalized spacial score (nSPS) is 15.9. The molecule has 1 unspecified atom stereocenters. The molecule has 0 radical (unpaired) electrons. The molecule has 2 heterocycles. The summed E-state index contributed by atoms with van der Waals surface area (Å²) in [6.45, 7) is 8.21. The topological polar surface area (TPSA) is 46.3 Å². The first-order chi connectivity index (χ1) is 15.9. The van der Waals surface area contributed by atoms with Gasteiger partial charge in [0.25, 0.3) is 0 Å². The number of methoxy groups -OCH3 is 1. The van der Waals surface area contributed by atoms with Gasteiger partial charge < -0.3 is 19.8 Å². The van der Waals surface area contributed by atoms with Crippen molar-refractivity contribution in [3.05, 3.63) is 94.7 Å². The molecule has 4 heteroatoms. The van der Waals surface area contributed by atoms with Gasteiger partial charge in [0.15, 0.2) is 0 Å². The molecule has 4 nitrogen and oxygen atoms in total. The molecule has 1 aliphatic heterocycles. The van der Waals surface area contributed by atoms with Crippen LogP contribution in [0.5, 0.6) is 11.5 Å². The van der Waals surface area contributed by atoms with Crippen LogP contribution < -0.4 is 14.8 Å². The van der Waals surface area contributed by atoms with E-state index >= 15 is 0 Å². The summed E-state index contributed by atoms with van der Waals surface area (Å²) in [6, 6.07) is 23.4. The van der Waals surface area contributed by atoms with Crippen LogP contribution in [0.2, 0.25) is 0 Å². The van der Waals surface area contributed by atoms with Crippen molar-refractivity contribution < 1.29 is 9.47 Å². The van der Waals surface area contributed by atoms with E-state index in [9.17, 15) is 0 Å². The highest BCUT2D eigenvalue weighted by Gasteiger charge is 2.27. The number of benzene rings is 3. The lowest BCUT2D eigenvalue weighted by atomic mass is 9.83. The van der Waals surface area contributed by atoms with Gasteiger partial charge in [0, 0.05) is 23.1 Å². The predicted octanol–water partition coefficient (Wildman–Crippen LogP) is 6.29. The molecule has 0 amide bonds. The molecule has 33 heavy (non-hydrogen) atoms. The van der Waals surface area contributed by atoms with Gasteiger partial charge in [-0.05, 0) is 64.4 Å². The molecule has 0 aliphatic carbocycles. The average Bonchev–Trinajstić information content (AvgIpc) is 3.20. The van der Waals surface area contributed by atoms with Crippen LogP contribution in [0.3, 0.4) is 0 Å². The molecule has 2 N–H and O–H groups in total. The number of H-pyrrole nitrogens is 1. The molecular weight excluding hydrogens is 408 g/mol. The molecule has 4 aromatic rings. The van der Waals surface area contributed by atoms with Crippen molar-refractivity contribution in [1.82, 2.24) is 10.3 Å². The van der Waals surface area contributed by atoms with Crippen LogP contribution in [0.4, 0.5) is 0 Å². The van der Waals surface area contributed by atoms with E-state index in [1.54, 1.807) is 7.11 Å². The molecule has 0 bridgehead atoms. The second-order valence-electron chi connectivity index (χ2n) is 9.85. The Labute approximate surface area is 195 Å². The molecule has 170 valence electrons. The third-order valence-corrected chi connectivity index (χ3v) is 6.54. The van der Waals surface area contributed by atoms with Crippen LogP contribution >= 0.6 is 0 Å². The third kappa shape index (κ3) is 4.23. The van der Waals surface area contributed by atoms with Gasteiger partial charge in [0.05, 0.1) is 13.2 Å². The van der Waals surface area contributed by atoms with Gasteiger partial charge in [-0.15, -0.1) is 0 Å². The fourth-order valence-corrected chi connectivity index (χ4v) is 4.81. The lowest BCUT2D eigenvalue weighted by Crippen LogP contribution is -2.30. The molecule has 0 spiro atoms. The minimum atomic E-state index is 0.00426. The quantitative estimate of drug-likeness (QED) is 0.383. The minimum absolute atomic E-state index is 0.00426. The standard InChI is InChI=1S/C29H32N2O2/c1-29(2,3)24-16-20(10-13-26(24)32-4)27-28-22(14-15-30-27)23-17-21(11-12-25(23)31-28)33-18-19-8-6-5-7-9-19/h5-13,16-17,27,30-31H,14-15,18H2,1-4H3. The highest BCUT2D eigenvalue weighted by molar-refractivity contribution is 5.86. The Morgan fingerprint density at radius 3 is 2.55 bits per heavy atom. The molecular formula is C29H32N2O2. The van der Waals surface area contributed by atoms with Gasteiger partial charge in [-0.3, -0.25) is 0 Å². The Kier molecular flexibility index (Phi) is 5.63. The van der Waals surface area contributed by atoms with E-state index in [4.69, 9.17) is 9.47 Å². The Hall–Kier alpha value is -3.24. The molecule has 1 aromatic heterocycles. The first kappa shape index (κ1) is 21.6. The number of hydrogen-bond acceptors (Lipinski definition) is 3. The highest BCUT2D eigenvalue weighted by atomic mass is 16.5. The zero-order chi connectivity index (χ0) is 23.0. The van der Waals surface area contributed by atoms with Crippen molar-refractivity contribution in [3.63, 3.8) is 0 Å². The minimum Gasteiger partial charge on any atom is -0.496 e. The number of nitrogens with one attached hydrogen (secondary N) is 2. The van der Waals surface area contributed by atoms with E-state index < -0.39 is 0 Å². The number of rotatable bonds is 5. The van der Waals surface area contributed by atoms with E-state index in [1.807, 2.05) is 18.2 Å². The van der Waals surface area contributed by atoms with Crippen LogP contribution in [-0.4, -0.2) is 18.6 Å². The Balaban J connectivity index is 1.49. The molecule has 1 aliphatic rings. The van der Waals surface area contributed by atoms with Crippen molar-refractivity contribution in [1.29, 1.82) is 0 Å². The summed E-state index contributed by atoms with van der Waals surface area (Å²) in [5.41, 5.74) is 7.45. The van der Waals surface area contributed by atoms with E-state index in [0.717, 1.165) is 30.0 Å². The van der Waals surface area contributed by atoms with E-state index in [-0.39, 0.29) is 11.5 Å². The smallest absolute Gasteiger partial charge is 0.122 e. The summed E-state index contributed by atoms with van der Waals surface area (Å²) in [7, 11) is 1.75. The van der Waals surface area contributed by atoms with Gasteiger partial charge in [-0.2, -0.15) is 0 Å². The second-order valence-corrected chi connectivity index (χ2v) is 9.85. The van der Waals surface area contributed by atoms with Crippen LogP contribution in [-0.2, 0) is 18.4 Å². The Bertz CT molecular complexity index is 1270.